The first kappa shape index (κ1) is 30.4. The average Bonchev–Trinajstić information content (AvgIpc) is 3.65. The maximum absolute atomic E-state index is 12.9. The Kier molecular flexibility index (Phi) is 11.0. The van der Waals surface area contributed by atoms with E-state index in [0.717, 1.165) is 31.3 Å². The molecule has 0 spiro atoms. The summed E-state index contributed by atoms with van der Waals surface area (Å²) >= 11 is 0. The number of carbonyl (C=O) groups excluding carboxylic acids is 2. The Morgan fingerprint density at radius 2 is 2.00 bits per heavy atom. The van der Waals surface area contributed by atoms with Crippen LogP contribution in [0.3, 0.4) is 0 Å². The van der Waals surface area contributed by atoms with Gasteiger partial charge in [0, 0.05) is 19.4 Å². The molecule has 0 aromatic heterocycles. The van der Waals surface area contributed by atoms with Crippen LogP contribution in [0.15, 0.2) is 60.3 Å². The molecule has 0 amide bonds. The number of epoxide rings is 1. The van der Waals surface area contributed by atoms with Crippen molar-refractivity contribution in [2.24, 2.45) is 5.92 Å². The van der Waals surface area contributed by atoms with Crippen LogP contribution in [-0.2, 0) is 33.3 Å². The Morgan fingerprint density at radius 3 is 2.77 bits per heavy atom. The van der Waals surface area contributed by atoms with Crippen molar-refractivity contribution in [1.29, 1.82) is 0 Å². The third-order valence-corrected chi connectivity index (χ3v) is 7.72. The van der Waals surface area contributed by atoms with Crippen LogP contribution in [0, 0.1) is 5.92 Å². The second-order valence-electron chi connectivity index (χ2n) is 11.6. The van der Waals surface area contributed by atoms with Crippen LogP contribution in [0.5, 0.6) is 0 Å². The maximum Gasteiger partial charge on any atom is 0.330 e. The van der Waals surface area contributed by atoms with Gasteiger partial charge in [-0.2, -0.15) is 0 Å². The van der Waals surface area contributed by atoms with Gasteiger partial charge in [-0.3, -0.25) is 4.79 Å². The topological polar surface area (TPSA) is 104 Å². The summed E-state index contributed by atoms with van der Waals surface area (Å²) in [6, 6.07) is 0. The van der Waals surface area contributed by atoms with Gasteiger partial charge >= 0.3 is 11.9 Å². The van der Waals surface area contributed by atoms with Gasteiger partial charge in [-0.1, -0.05) is 55.0 Å². The van der Waals surface area contributed by atoms with Crippen molar-refractivity contribution >= 4 is 11.9 Å². The van der Waals surface area contributed by atoms with Crippen molar-refractivity contribution < 1.29 is 38.4 Å². The minimum atomic E-state index is -0.835. The summed E-state index contributed by atoms with van der Waals surface area (Å²) in [6.45, 7) is 10.3. The summed E-state index contributed by atoms with van der Waals surface area (Å²) < 4.78 is 29.3. The van der Waals surface area contributed by atoms with Gasteiger partial charge in [-0.25, -0.2) is 4.79 Å². The summed E-state index contributed by atoms with van der Waals surface area (Å²) in [5.74, 6) is -0.665. The molecule has 4 heterocycles. The van der Waals surface area contributed by atoms with Gasteiger partial charge in [0.1, 0.15) is 12.2 Å². The minimum Gasteiger partial charge on any atom is -0.455 e. The van der Waals surface area contributed by atoms with E-state index in [0.29, 0.717) is 25.4 Å². The molecule has 220 valence electrons. The zero-order valence-electron chi connectivity index (χ0n) is 23.9. The van der Waals surface area contributed by atoms with Crippen molar-refractivity contribution in [2.45, 2.75) is 115 Å². The van der Waals surface area contributed by atoms with E-state index in [9.17, 15) is 14.7 Å². The average molecular weight is 557 g/mol. The fourth-order valence-corrected chi connectivity index (χ4v) is 5.75. The number of hydrogen-bond acceptors (Lipinski definition) is 8. The molecule has 1 unspecified atom stereocenters. The van der Waals surface area contributed by atoms with Crippen LogP contribution in [0.25, 0.3) is 0 Å². The molecule has 0 aromatic carbocycles. The van der Waals surface area contributed by atoms with E-state index < -0.39 is 36.4 Å². The largest absolute Gasteiger partial charge is 0.455 e. The molecule has 2 bridgehead atoms. The van der Waals surface area contributed by atoms with Gasteiger partial charge in [0.2, 0.25) is 0 Å². The monoisotopic (exact) mass is 556 g/mol. The van der Waals surface area contributed by atoms with Crippen LogP contribution in [0.1, 0.15) is 65.7 Å². The summed E-state index contributed by atoms with van der Waals surface area (Å²) in [4.78, 5) is 24.9. The summed E-state index contributed by atoms with van der Waals surface area (Å²) in [7, 11) is 0. The summed E-state index contributed by atoms with van der Waals surface area (Å²) in [5, 5.41) is 10.9. The quantitative estimate of drug-likeness (QED) is 0.303. The van der Waals surface area contributed by atoms with Crippen LogP contribution in [0.4, 0.5) is 0 Å². The van der Waals surface area contributed by atoms with Gasteiger partial charge < -0.3 is 28.8 Å². The lowest BCUT2D eigenvalue weighted by atomic mass is 9.91. The summed E-state index contributed by atoms with van der Waals surface area (Å²) in [6.07, 6.45) is 14.2. The highest BCUT2D eigenvalue weighted by molar-refractivity contribution is 5.82. The molecule has 8 nitrogen and oxygen atoms in total. The van der Waals surface area contributed by atoms with Crippen LogP contribution >= 0.6 is 0 Å². The van der Waals surface area contributed by atoms with Gasteiger partial charge in [0.15, 0.2) is 6.10 Å². The van der Waals surface area contributed by atoms with E-state index in [1.54, 1.807) is 12.2 Å². The van der Waals surface area contributed by atoms with Gasteiger partial charge in [-0.05, 0) is 57.4 Å². The number of carbonyl (C=O) groups is 2. The first-order chi connectivity index (χ1) is 19.2. The van der Waals surface area contributed by atoms with Crippen LogP contribution in [0.2, 0.25) is 0 Å². The zero-order valence-corrected chi connectivity index (χ0v) is 23.9. The molecule has 4 aliphatic heterocycles. The summed E-state index contributed by atoms with van der Waals surface area (Å²) in [5.41, 5.74) is 2.20. The molecule has 1 saturated heterocycles. The third-order valence-electron chi connectivity index (χ3n) is 7.72. The maximum atomic E-state index is 12.9. The molecule has 4 aliphatic rings. The molecule has 8 heteroatoms. The second-order valence-corrected chi connectivity index (χ2v) is 11.6. The van der Waals surface area contributed by atoms with Crippen molar-refractivity contribution in [1.82, 2.24) is 0 Å². The molecule has 0 radical (unpaired) electrons. The Balaban J connectivity index is 1.52. The molecule has 0 aliphatic carbocycles. The number of hydrogen-bond donors (Lipinski definition) is 1. The molecule has 9 atom stereocenters. The molecule has 1 fully saturated rings. The lowest BCUT2D eigenvalue weighted by Crippen LogP contribution is -2.35. The van der Waals surface area contributed by atoms with Gasteiger partial charge in [-0.15, -0.1) is 0 Å². The second kappa shape index (κ2) is 14.4. The van der Waals surface area contributed by atoms with E-state index >= 15 is 0 Å². The fourth-order valence-electron chi connectivity index (χ4n) is 5.75. The van der Waals surface area contributed by atoms with Crippen molar-refractivity contribution in [3.05, 3.63) is 60.3 Å². The standard InChI is InChI=1S/C32H44O8/c1-20-13-14-36-25(16-20)11-12-28(37-23(4)33)29-19-30-32(40-30)27(34)18-22(3)15-21(2)17-26-9-5-7-24(38-26)8-6-10-31(35)39-29/h5-7,10-13,21,24-30,32,34H,3,8-9,14-19H2,1-2,4H3/b10-6-,12-11+/t21-,24-,25+,26-,27-,28-,29-,30+,32?/m0/s1. The number of ether oxygens (including phenoxy) is 5. The fraction of sp³-hybridized carbons (Fsp3) is 0.625. The normalized spacial score (nSPS) is 37.4. The highest BCUT2D eigenvalue weighted by atomic mass is 16.6. The minimum absolute atomic E-state index is 0.103. The van der Waals surface area contributed by atoms with Crippen molar-refractivity contribution in [2.75, 3.05) is 6.61 Å². The van der Waals surface area contributed by atoms with Crippen LogP contribution < -0.4 is 0 Å². The SMILES string of the molecule is C=C1C[C@H](C)C[C@@H]2CC=C[C@@H](C/C=C\C(=O)O[C@H]([C@H](/C=C/[C@@H]3CC(C)=CCO3)OC(C)=O)C[C@H]3OC3[C@@H](O)C1)O2. The van der Waals surface area contributed by atoms with E-state index in [2.05, 4.69) is 19.6 Å². The molecule has 0 saturated carbocycles. The first-order valence-corrected chi connectivity index (χ1v) is 14.5. The van der Waals surface area contributed by atoms with E-state index in [1.807, 2.05) is 25.2 Å². The number of rotatable bonds is 4. The van der Waals surface area contributed by atoms with Gasteiger partial charge in [0.05, 0.1) is 37.1 Å². The van der Waals surface area contributed by atoms with E-state index in [-0.39, 0.29) is 30.8 Å². The lowest BCUT2D eigenvalue weighted by Gasteiger charge is -2.28. The van der Waals surface area contributed by atoms with Crippen molar-refractivity contribution in [3.63, 3.8) is 0 Å². The third kappa shape index (κ3) is 9.54. The zero-order chi connectivity index (χ0) is 28.6. The number of aliphatic hydroxyl groups is 1. The Hall–Kier alpha value is -2.52. The Labute approximate surface area is 237 Å². The highest BCUT2D eigenvalue weighted by Crippen LogP contribution is 2.35. The smallest absolute Gasteiger partial charge is 0.330 e. The van der Waals surface area contributed by atoms with E-state index in [1.165, 1.54) is 18.6 Å². The Morgan fingerprint density at radius 1 is 1.18 bits per heavy atom. The highest BCUT2D eigenvalue weighted by Gasteiger charge is 2.47. The number of cyclic esters (lactones) is 1. The van der Waals surface area contributed by atoms with Crippen molar-refractivity contribution in [3.8, 4) is 0 Å². The number of esters is 2. The molecule has 40 heavy (non-hydrogen) atoms. The molecular weight excluding hydrogens is 512 g/mol. The predicted octanol–water partition coefficient (Wildman–Crippen LogP) is 4.68. The predicted molar refractivity (Wildman–Crippen MR) is 150 cm³/mol. The van der Waals surface area contributed by atoms with Gasteiger partial charge in [0.25, 0.3) is 0 Å². The van der Waals surface area contributed by atoms with Crippen LogP contribution in [-0.4, -0.2) is 72.5 Å². The Bertz CT molecular complexity index is 1030. The molecular formula is C32H44O8. The first-order valence-electron chi connectivity index (χ1n) is 14.5. The molecule has 0 aromatic rings. The number of fused-ring (bicyclic) bond motifs is 3. The molecule has 4 rings (SSSR count). The lowest BCUT2D eigenvalue weighted by molar-refractivity contribution is -0.160. The molecule has 1 N–H and O–H groups in total. The van der Waals surface area contributed by atoms with E-state index in [4.69, 9.17) is 23.7 Å². The number of aliphatic hydroxyl groups excluding tert-OH is 1.